The molecular formula is C16H25N3. The Morgan fingerprint density at radius 3 is 2.63 bits per heavy atom. The lowest BCUT2D eigenvalue weighted by Crippen LogP contribution is -2.38. The van der Waals surface area contributed by atoms with Crippen LogP contribution in [0, 0.1) is 17.2 Å². The molecule has 1 aromatic rings. The van der Waals surface area contributed by atoms with E-state index in [9.17, 15) is 0 Å². The highest BCUT2D eigenvalue weighted by atomic mass is 15.1. The van der Waals surface area contributed by atoms with E-state index in [4.69, 9.17) is 5.26 Å². The average Bonchev–Trinajstić information content (AvgIpc) is 2.35. The van der Waals surface area contributed by atoms with Crippen LogP contribution in [0.2, 0.25) is 0 Å². The average molecular weight is 259 g/mol. The summed E-state index contributed by atoms with van der Waals surface area (Å²) >= 11 is 0. The molecule has 1 rings (SSSR count). The zero-order valence-corrected chi connectivity index (χ0v) is 12.5. The number of nitriles is 1. The lowest BCUT2D eigenvalue weighted by atomic mass is 10.0. The molecule has 19 heavy (non-hydrogen) atoms. The van der Waals surface area contributed by atoms with Crippen LogP contribution < -0.4 is 5.32 Å². The number of likely N-dealkylation sites (N-methyl/N-ethyl adjacent to an activating group) is 1. The highest BCUT2D eigenvalue weighted by Gasteiger charge is 2.11. The summed E-state index contributed by atoms with van der Waals surface area (Å²) < 4.78 is 0. The molecular weight excluding hydrogens is 234 g/mol. The summed E-state index contributed by atoms with van der Waals surface area (Å²) in [4.78, 5) is 2.21. The maximum atomic E-state index is 8.90. The van der Waals surface area contributed by atoms with Crippen LogP contribution in [0.4, 0.5) is 0 Å². The van der Waals surface area contributed by atoms with Crippen molar-refractivity contribution in [3.05, 3.63) is 35.4 Å². The van der Waals surface area contributed by atoms with E-state index < -0.39 is 0 Å². The molecule has 0 saturated heterocycles. The van der Waals surface area contributed by atoms with Crippen molar-refractivity contribution < 1.29 is 0 Å². The summed E-state index contributed by atoms with van der Waals surface area (Å²) in [5.41, 5.74) is 1.90. The Morgan fingerprint density at radius 1 is 1.32 bits per heavy atom. The SMILES string of the molecule is CC(C)CC(CN(C)C)NCc1cccc(C#N)c1. The summed E-state index contributed by atoms with van der Waals surface area (Å²) in [6.45, 7) is 6.36. The summed E-state index contributed by atoms with van der Waals surface area (Å²) in [5.74, 6) is 0.683. The van der Waals surface area contributed by atoms with Gasteiger partial charge in [0.25, 0.3) is 0 Å². The Kier molecular flexibility index (Phi) is 6.55. The minimum atomic E-state index is 0.487. The lowest BCUT2D eigenvalue weighted by Gasteiger charge is -2.24. The zero-order chi connectivity index (χ0) is 14.3. The van der Waals surface area contributed by atoms with Crippen molar-refractivity contribution in [2.45, 2.75) is 32.9 Å². The summed E-state index contributed by atoms with van der Waals surface area (Å²) in [7, 11) is 4.20. The second kappa shape index (κ2) is 7.93. The number of hydrogen-bond acceptors (Lipinski definition) is 3. The molecule has 1 unspecified atom stereocenters. The van der Waals surface area contributed by atoms with Crippen LogP contribution in [0.1, 0.15) is 31.4 Å². The third-order valence-electron chi connectivity index (χ3n) is 2.99. The van der Waals surface area contributed by atoms with Crippen LogP contribution in [0.3, 0.4) is 0 Å². The molecule has 0 amide bonds. The largest absolute Gasteiger partial charge is 0.309 e. The molecule has 0 saturated carbocycles. The molecule has 0 radical (unpaired) electrons. The van der Waals surface area contributed by atoms with E-state index >= 15 is 0 Å². The molecule has 3 heteroatoms. The van der Waals surface area contributed by atoms with Crippen LogP contribution in [0.25, 0.3) is 0 Å². The first-order valence-electron chi connectivity index (χ1n) is 6.88. The smallest absolute Gasteiger partial charge is 0.0991 e. The van der Waals surface area contributed by atoms with Crippen LogP contribution in [-0.4, -0.2) is 31.6 Å². The zero-order valence-electron chi connectivity index (χ0n) is 12.5. The lowest BCUT2D eigenvalue weighted by molar-refractivity contribution is 0.305. The molecule has 0 bridgehead atoms. The quantitative estimate of drug-likeness (QED) is 0.818. The normalized spacial score (nSPS) is 12.7. The van der Waals surface area contributed by atoms with Crippen molar-refractivity contribution in [1.82, 2.24) is 10.2 Å². The van der Waals surface area contributed by atoms with Crippen molar-refractivity contribution >= 4 is 0 Å². The minimum Gasteiger partial charge on any atom is -0.309 e. The van der Waals surface area contributed by atoms with Gasteiger partial charge in [-0.15, -0.1) is 0 Å². The second-order valence-electron chi connectivity index (χ2n) is 5.78. The van der Waals surface area contributed by atoms with Gasteiger partial charge in [0.05, 0.1) is 11.6 Å². The Morgan fingerprint density at radius 2 is 2.05 bits per heavy atom. The van der Waals surface area contributed by atoms with Crippen LogP contribution in [0.15, 0.2) is 24.3 Å². The molecule has 1 aromatic carbocycles. The molecule has 0 aliphatic carbocycles. The molecule has 0 aliphatic heterocycles. The number of nitrogens with one attached hydrogen (secondary N) is 1. The van der Waals surface area contributed by atoms with Gasteiger partial charge < -0.3 is 10.2 Å². The maximum Gasteiger partial charge on any atom is 0.0991 e. The fourth-order valence-corrected chi connectivity index (χ4v) is 2.25. The first kappa shape index (κ1) is 15.7. The standard InChI is InChI=1S/C16H25N3/c1-13(2)8-16(12-19(3)4)18-11-15-7-5-6-14(9-15)10-17/h5-7,9,13,16,18H,8,11-12H2,1-4H3. The van der Waals surface area contributed by atoms with Crippen molar-refractivity contribution in [3.63, 3.8) is 0 Å². The molecule has 104 valence electrons. The number of nitrogens with zero attached hydrogens (tertiary/aromatic N) is 2. The topological polar surface area (TPSA) is 39.1 Å². The summed E-state index contributed by atoms with van der Waals surface area (Å²) in [5, 5.41) is 12.5. The van der Waals surface area contributed by atoms with Crippen molar-refractivity contribution in [2.75, 3.05) is 20.6 Å². The van der Waals surface area contributed by atoms with Crippen LogP contribution in [0.5, 0.6) is 0 Å². The Hall–Kier alpha value is -1.37. The molecule has 0 heterocycles. The molecule has 0 spiro atoms. The molecule has 3 nitrogen and oxygen atoms in total. The monoisotopic (exact) mass is 259 g/mol. The van der Waals surface area contributed by atoms with Gasteiger partial charge in [-0.2, -0.15) is 5.26 Å². The number of hydrogen-bond donors (Lipinski definition) is 1. The van der Waals surface area contributed by atoms with E-state index in [1.165, 1.54) is 5.56 Å². The number of benzene rings is 1. The van der Waals surface area contributed by atoms with E-state index in [1.807, 2.05) is 18.2 Å². The summed E-state index contributed by atoms with van der Waals surface area (Å²) in [6, 6.07) is 10.5. The highest BCUT2D eigenvalue weighted by Crippen LogP contribution is 2.08. The maximum absolute atomic E-state index is 8.90. The van der Waals surface area contributed by atoms with Gasteiger partial charge in [-0.05, 0) is 44.1 Å². The Labute approximate surface area is 117 Å². The fourth-order valence-electron chi connectivity index (χ4n) is 2.25. The Bertz CT molecular complexity index is 408. The van der Waals surface area contributed by atoms with Gasteiger partial charge in [0.2, 0.25) is 0 Å². The molecule has 0 aromatic heterocycles. The molecule has 0 aliphatic rings. The highest BCUT2D eigenvalue weighted by molar-refractivity contribution is 5.32. The van der Waals surface area contributed by atoms with Gasteiger partial charge in [0.1, 0.15) is 0 Å². The van der Waals surface area contributed by atoms with Crippen LogP contribution >= 0.6 is 0 Å². The summed E-state index contributed by atoms with van der Waals surface area (Å²) in [6.07, 6.45) is 1.16. The van der Waals surface area contributed by atoms with E-state index in [1.54, 1.807) is 0 Å². The van der Waals surface area contributed by atoms with Crippen molar-refractivity contribution in [2.24, 2.45) is 5.92 Å². The van der Waals surface area contributed by atoms with Gasteiger partial charge in [0.15, 0.2) is 0 Å². The molecule has 0 fully saturated rings. The number of rotatable bonds is 7. The van der Waals surface area contributed by atoms with Crippen LogP contribution in [-0.2, 0) is 6.54 Å². The van der Waals surface area contributed by atoms with E-state index in [0.717, 1.165) is 25.1 Å². The first-order chi connectivity index (χ1) is 9.01. The predicted octanol–water partition coefficient (Wildman–Crippen LogP) is 2.62. The molecule has 1 atom stereocenters. The fraction of sp³-hybridized carbons (Fsp3) is 0.562. The minimum absolute atomic E-state index is 0.487. The van der Waals surface area contributed by atoms with E-state index in [2.05, 4.69) is 50.3 Å². The third-order valence-corrected chi connectivity index (χ3v) is 2.99. The van der Waals surface area contributed by atoms with E-state index in [-0.39, 0.29) is 0 Å². The van der Waals surface area contributed by atoms with Crippen molar-refractivity contribution in [3.8, 4) is 6.07 Å². The first-order valence-corrected chi connectivity index (χ1v) is 6.88. The second-order valence-corrected chi connectivity index (χ2v) is 5.78. The Balaban J connectivity index is 2.57. The van der Waals surface area contributed by atoms with E-state index in [0.29, 0.717) is 12.0 Å². The van der Waals surface area contributed by atoms with Crippen molar-refractivity contribution in [1.29, 1.82) is 5.26 Å². The van der Waals surface area contributed by atoms with Gasteiger partial charge in [-0.3, -0.25) is 0 Å². The van der Waals surface area contributed by atoms with Gasteiger partial charge >= 0.3 is 0 Å². The third kappa shape index (κ3) is 6.37. The van der Waals surface area contributed by atoms with Gasteiger partial charge in [0, 0.05) is 19.1 Å². The molecule has 1 N–H and O–H groups in total. The predicted molar refractivity (Wildman–Crippen MR) is 79.8 cm³/mol. The van der Waals surface area contributed by atoms with Gasteiger partial charge in [-0.25, -0.2) is 0 Å². The van der Waals surface area contributed by atoms with Gasteiger partial charge in [-0.1, -0.05) is 26.0 Å².